The predicted molar refractivity (Wildman–Crippen MR) is 116 cm³/mol. The van der Waals surface area contributed by atoms with E-state index in [0.29, 0.717) is 47.3 Å². The van der Waals surface area contributed by atoms with Gasteiger partial charge in [0.25, 0.3) is 11.6 Å². The second-order valence-corrected chi connectivity index (χ2v) is 9.61. The molecule has 4 heterocycles. The highest BCUT2D eigenvalue weighted by molar-refractivity contribution is 6.01. The molecule has 3 aliphatic rings. The third-order valence-corrected chi connectivity index (χ3v) is 7.25. The number of fused-ring (bicyclic) bond motifs is 5. The molecule has 1 aromatic carbocycles. The minimum absolute atomic E-state index is 0.360. The monoisotopic (exact) mass is 459 g/mol. The van der Waals surface area contributed by atoms with E-state index < -0.39 is 47.4 Å². The van der Waals surface area contributed by atoms with Crippen molar-refractivity contribution in [3.05, 3.63) is 29.5 Å². The third-order valence-electron chi connectivity index (χ3n) is 7.25. The molecular weight excluding hydrogens is 430 g/mol. The molecule has 1 aromatic heterocycles. The van der Waals surface area contributed by atoms with E-state index in [2.05, 4.69) is 4.98 Å². The fourth-order valence-corrected chi connectivity index (χ4v) is 5.66. The summed E-state index contributed by atoms with van der Waals surface area (Å²) in [6, 6.07) is 3.33. The van der Waals surface area contributed by atoms with Crippen LogP contribution in [0.25, 0.3) is 10.9 Å². The molecule has 2 aromatic rings. The molecule has 0 aliphatic carbocycles. The topological polar surface area (TPSA) is 136 Å². The Bertz CT molecular complexity index is 1140. The highest BCUT2D eigenvalue weighted by Crippen LogP contribution is 2.53. The van der Waals surface area contributed by atoms with E-state index in [9.17, 15) is 24.9 Å². The first kappa shape index (κ1) is 22.1. The quantitative estimate of drug-likeness (QED) is 0.525. The van der Waals surface area contributed by atoms with Gasteiger partial charge in [-0.1, -0.05) is 0 Å². The standard InChI is InChI=1S/C23H29N3O7/c1-22(2,30)18(27)17-16-15(12-8-7-11(32-3)10-13(12)24-16)19(33-4)23(31)21(29)25-9-5-6-14(25)20(28)26(17)23/h7-8,10,14,17-19,24,27,30-31H,5-6,9H2,1-4H3. The third kappa shape index (κ3) is 2.81. The molecule has 10 heteroatoms. The Kier molecular flexibility index (Phi) is 4.81. The number of nitrogens with one attached hydrogen (secondary N) is 1. The number of nitrogens with zero attached hydrogens (tertiary/aromatic N) is 2. The zero-order valence-corrected chi connectivity index (χ0v) is 19.0. The van der Waals surface area contributed by atoms with Gasteiger partial charge in [-0.25, -0.2) is 0 Å². The van der Waals surface area contributed by atoms with Crippen LogP contribution in [0.5, 0.6) is 5.75 Å². The van der Waals surface area contributed by atoms with E-state index >= 15 is 0 Å². The number of piperazine rings is 1. The second kappa shape index (κ2) is 7.17. The van der Waals surface area contributed by atoms with Crippen LogP contribution in [-0.4, -0.2) is 86.2 Å². The molecule has 2 saturated heterocycles. The zero-order chi connectivity index (χ0) is 23.9. The van der Waals surface area contributed by atoms with Crippen molar-refractivity contribution in [1.29, 1.82) is 0 Å². The van der Waals surface area contributed by atoms with Gasteiger partial charge in [0, 0.05) is 41.9 Å². The molecule has 5 unspecified atom stereocenters. The van der Waals surface area contributed by atoms with Crippen LogP contribution in [0, 0.1) is 0 Å². The van der Waals surface area contributed by atoms with Crippen molar-refractivity contribution in [1.82, 2.24) is 14.8 Å². The van der Waals surface area contributed by atoms with Crippen molar-refractivity contribution in [3.63, 3.8) is 0 Å². The van der Waals surface area contributed by atoms with Crippen LogP contribution in [0.2, 0.25) is 0 Å². The number of hydrogen-bond acceptors (Lipinski definition) is 7. The van der Waals surface area contributed by atoms with Crippen molar-refractivity contribution in [3.8, 4) is 5.75 Å². The molecule has 33 heavy (non-hydrogen) atoms. The van der Waals surface area contributed by atoms with Gasteiger partial charge in [0.2, 0.25) is 5.91 Å². The van der Waals surface area contributed by atoms with Crippen LogP contribution in [-0.2, 0) is 14.3 Å². The second-order valence-electron chi connectivity index (χ2n) is 9.61. The summed E-state index contributed by atoms with van der Waals surface area (Å²) >= 11 is 0. The Morgan fingerprint density at radius 2 is 2.00 bits per heavy atom. The van der Waals surface area contributed by atoms with Crippen molar-refractivity contribution in [2.75, 3.05) is 20.8 Å². The Morgan fingerprint density at radius 1 is 1.27 bits per heavy atom. The van der Waals surface area contributed by atoms with E-state index in [1.165, 1.54) is 33.0 Å². The number of ether oxygens (including phenoxy) is 2. The summed E-state index contributed by atoms with van der Waals surface area (Å²) in [5.41, 5.74) is -2.55. The first-order valence-electron chi connectivity index (χ1n) is 11.0. The van der Waals surface area contributed by atoms with Crippen molar-refractivity contribution in [2.24, 2.45) is 0 Å². The van der Waals surface area contributed by atoms with Crippen LogP contribution in [0.4, 0.5) is 0 Å². The zero-order valence-electron chi connectivity index (χ0n) is 19.0. The van der Waals surface area contributed by atoms with E-state index in [1.807, 2.05) is 0 Å². The Morgan fingerprint density at radius 3 is 2.64 bits per heavy atom. The average Bonchev–Trinajstić information content (AvgIpc) is 3.40. The predicted octanol–water partition coefficient (Wildman–Crippen LogP) is 0.572. The van der Waals surface area contributed by atoms with Gasteiger partial charge >= 0.3 is 0 Å². The van der Waals surface area contributed by atoms with Crippen LogP contribution < -0.4 is 4.74 Å². The van der Waals surface area contributed by atoms with Crippen molar-refractivity contribution in [2.45, 2.75) is 62.3 Å². The number of aliphatic hydroxyl groups excluding tert-OH is 1. The number of methoxy groups -OCH3 is 2. The summed E-state index contributed by atoms with van der Waals surface area (Å²) in [5, 5.41) is 34.7. The summed E-state index contributed by atoms with van der Waals surface area (Å²) < 4.78 is 11.0. The first-order valence-corrected chi connectivity index (χ1v) is 11.0. The Labute approximate surface area is 190 Å². The number of rotatable bonds is 4. The lowest BCUT2D eigenvalue weighted by atomic mass is 9.78. The number of hydrogen-bond donors (Lipinski definition) is 4. The molecule has 178 valence electrons. The smallest absolute Gasteiger partial charge is 0.279 e. The van der Waals surface area contributed by atoms with Crippen molar-refractivity contribution < 1.29 is 34.4 Å². The molecule has 4 N–H and O–H groups in total. The maximum atomic E-state index is 13.7. The van der Waals surface area contributed by atoms with Gasteiger partial charge in [0.05, 0.1) is 12.7 Å². The largest absolute Gasteiger partial charge is 0.497 e. The minimum atomic E-state index is -2.38. The maximum Gasteiger partial charge on any atom is 0.279 e. The molecule has 2 amide bonds. The lowest BCUT2D eigenvalue weighted by molar-refractivity contribution is -0.247. The number of carbonyl (C=O) groups is 2. The molecule has 0 bridgehead atoms. The van der Waals surface area contributed by atoms with Crippen LogP contribution in [0.1, 0.15) is 50.1 Å². The first-order chi connectivity index (χ1) is 15.6. The number of benzene rings is 1. The van der Waals surface area contributed by atoms with Gasteiger partial charge in [-0.2, -0.15) is 0 Å². The average molecular weight is 459 g/mol. The molecule has 0 saturated carbocycles. The normalized spacial score (nSPS) is 30.3. The Hall–Kier alpha value is -2.66. The van der Waals surface area contributed by atoms with E-state index in [-0.39, 0.29) is 0 Å². The summed E-state index contributed by atoms with van der Waals surface area (Å²) in [4.78, 5) is 33.1. The molecule has 5 rings (SSSR count). The summed E-state index contributed by atoms with van der Waals surface area (Å²) in [5.74, 6) is -0.538. The lowest BCUT2D eigenvalue weighted by Gasteiger charge is -2.56. The van der Waals surface area contributed by atoms with Gasteiger partial charge in [-0.3, -0.25) is 14.5 Å². The summed E-state index contributed by atoms with van der Waals surface area (Å²) in [6.45, 7) is 3.20. The van der Waals surface area contributed by atoms with Crippen LogP contribution in [0.3, 0.4) is 0 Å². The highest BCUT2D eigenvalue weighted by Gasteiger charge is 2.67. The fraction of sp³-hybridized carbons (Fsp3) is 0.565. The van der Waals surface area contributed by atoms with Crippen molar-refractivity contribution >= 4 is 22.7 Å². The van der Waals surface area contributed by atoms with Gasteiger partial charge in [0.15, 0.2) is 0 Å². The molecule has 3 aliphatic heterocycles. The maximum absolute atomic E-state index is 13.7. The molecule has 5 atom stereocenters. The van der Waals surface area contributed by atoms with Gasteiger partial charge in [-0.15, -0.1) is 0 Å². The summed E-state index contributed by atoms with van der Waals surface area (Å²) in [6.07, 6.45) is -1.62. The van der Waals surface area contributed by atoms with E-state index in [0.717, 1.165) is 4.90 Å². The minimum Gasteiger partial charge on any atom is -0.497 e. The number of amides is 2. The van der Waals surface area contributed by atoms with Gasteiger partial charge < -0.3 is 34.7 Å². The molecule has 0 spiro atoms. The van der Waals surface area contributed by atoms with E-state index in [4.69, 9.17) is 9.47 Å². The molecule has 0 radical (unpaired) electrons. The Balaban J connectivity index is 1.83. The highest BCUT2D eigenvalue weighted by atomic mass is 16.5. The number of aromatic nitrogens is 1. The van der Waals surface area contributed by atoms with Crippen LogP contribution in [0.15, 0.2) is 18.2 Å². The number of aliphatic hydroxyl groups is 3. The SMILES string of the molecule is COc1ccc2c3c([nH]c2c1)C(C(O)C(C)(C)O)N1C(=O)C2CCCN2C(=O)C1(O)C3OC. The number of H-pyrrole nitrogens is 1. The molecule has 2 fully saturated rings. The van der Waals surface area contributed by atoms with Gasteiger partial charge in [0.1, 0.15) is 30.0 Å². The fourth-order valence-electron chi connectivity index (χ4n) is 5.66. The lowest BCUT2D eigenvalue weighted by Crippen LogP contribution is -2.75. The number of carbonyl (C=O) groups excluding carboxylic acids is 2. The summed E-state index contributed by atoms with van der Waals surface area (Å²) in [7, 11) is 2.91. The van der Waals surface area contributed by atoms with E-state index in [1.54, 1.807) is 18.2 Å². The number of aromatic amines is 1. The molecular formula is C23H29N3O7. The molecule has 10 nitrogen and oxygen atoms in total. The van der Waals surface area contributed by atoms with Crippen LogP contribution >= 0.6 is 0 Å². The van der Waals surface area contributed by atoms with Gasteiger partial charge in [-0.05, 0) is 38.8 Å².